The lowest BCUT2D eigenvalue weighted by atomic mass is 10.1. The van der Waals surface area contributed by atoms with Crippen molar-refractivity contribution < 1.29 is 0 Å². The first kappa shape index (κ1) is 10.7. The first-order valence-corrected chi connectivity index (χ1v) is 5.56. The summed E-state index contributed by atoms with van der Waals surface area (Å²) in [6.07, 6.45) is 4.32. The molecule has 0 amide bonds. The molecule has 0 aliphatic carbocycles. The number of benzene rings is 2. The molecule has 2 aromatic rings. The molecule has 0 saturated carbocycles. The van der Waals surface area contributed by atoms with E-state index in [4.69, 9.17) is 0 Å². The SMILES string of the molecule is Cc1ccc(/C=C\c2ccccc2C)cc1. The van der Waals surface area contributed by atoms with E-state index in [0.29, 0.717) is 0 Å². The third-order valence-corrected chi connectivity index (χ3v) is 2.72. The van der Waals surface area contributed by atoms with Gasteiger partial charge in [-0.2, -0.15) is 0 Å². The molecule has 0 aromatic heterocycles. The van der Waals surface area contributed by atoms with Crippen LogP contribution in [0.2, 0.25) is 0 Å². The maximum atomic E-state index is 2.17. The van der Waals surface area contributed by atoms with Gasteiger partial charge in [-0.3, -0.25) is 0 Å². The van der Waals surface area contributed by atoms with E-state index in [-0.39, 0.29) is 0 Å². The smallest absolute Gasteiger partial charge is 0.0227 e. The Balaban J connectivity index is 2.21. The molecule has 0 bridgehead atoms. The van der Waals surface area contributed by atoms with Crippen molar-refractivity contribution >= 4 is 12.2 Å². The molecule has 0 radical (unpaired) electrons. The molecule has 16 heavy (non-hydrogen) atoms. The molecule has 0 N–H and O–H groups in total. The van der Waals surface area contributed by atoms with Crippen molar-refractivity contribution in [3.8, 4) is 0 Å². The summed E-state index contributed by atoms with van der Waals surface area (Å²) < 4.78 is 0. The van der Waals surface area contributed by atoms with E-state index >= 15 is 0 Å². The minimum Gasteiger partial charge on any atom is -0.0620 e. The van der Waals surface area contributed by atoms with Gasteiger partial charge in [-0.05, 0) is 30.5 Å². The largest absolute Gasteiger partial charge is 0.0620 e. The third kappa shape index (κ3) is 2.60. The lowest BCUT2D eigenvalue weighted by Crippen LogP contribution is -1.78. The predicted octanol–water partition coefficient (Wildman–Crippen LogP) is 4.47. The maximum Gasteiger partial charge on any atom is -0.0227 e. The summed E-state index contributed by atoms with van der Waals surface area (Å²) in [4.78, 5) is 0. The number of rotatable bonds is 2. The van der Waals surface area contributed by atoms with Crippen LogP contribution in [0.3, 0.4) is 0 Å². The van der Waals surface area contributed by atoms with E-state index in [9.17, 15) is 0 Å². The van der Waals surface area contributed by atoms with Gasteiger partial charge in [0, 0.05) is 0 Å². The fourth-order valence-electron chi connectivity index (χ4n) is 1.64. The van der Waals surface area contributed by atoms with E-state index in [2.05, 4.69) is 74.5 Å². The third-order valence-electron chi connectivity index (χ3n) is 2.72. The normalized spacial score (nSPS) is 10.9. The van der Waals surface area contributed by atoms with Crippen LogP contribution in [0.1, 0.15) is 22.3 Å². The Hall–Kier alpha value is -1.82. The van der Waals surface area contributed by atoms with Gasteiger partial charge in [-0.25, -0.2) is 0 Å². The highest BCUT2D eigenvalue weighted by molar-refractivity contribution is 5.71. The van der Waals surface area contributed by atoms with Gasteiger partial charge in [0.05, 0.1) is 0 Å². The summed E-state index contributed by atoms with van der Waals surface area (Å²) in [5.41, 5.74) is 5.14. The van der Waals surface area contributed by atoms with Gasteiger partial charge >= 0.3 is 0 Å². The van der Waals surface area contributed by atoms with Crippen molar-refractivity contribution in [2.24, 2.45) is 0 Å². The van der Waals surface area contributed by atoms with Crippen molar-refractivity contribution in [1.29, 1.82) is 0 Å². The second kappa shape index (κ2) is 4.80. The van der Waals surface area contributed by atoms with Crippen LogP contribution in [0, 0.1) is 13.8 Å². The van der Waals surface area contributed by atoms with E-state index in [1.54, 1.807) is 0 Å². The van der Waals surface area contributed by atoms with Crippen LogP contribution in [0.25, 0.3) is 12.2 Å². The van der Waals surface area contributed by atoms with Crippen molar-refractivity contribution in [3.05, 3.63) is 70.8 Å². The number of hydrogen-bond acceptors (Lipinski definition) is 0. The van der Waals surface area contributed by atoms with Crippen molar-refractivity contribution in [1.82, 2.24) is 0 Å². The molecular formula is C16H16. The summed E-state index contributed by atoms with van der Waals surface area (Å²) >= 11 is 0. The van der Waals surface area contributed by atoms with E-state index in [0.717, 1.165) is 0 Å². The Morgan fingerprint density at radius 2 is 1.44 bits per heavy atom. The second-order valence-electron chi connectivity index (χ2n) is 4.10. The molecule has 0 heterocycles. The minimum absolute atomic E-state index is 1.24. The van der Waals surface area contributed by atoms with Gasteiger partial charge in [0.2, 0.25) is 0 Å². The topological polar surface area (TPSA) is 0 Å². The average Bonchev–Trinajstić information content (AvgIpc) is 2.30. The van der Waals surface area contributed by atoms with Crippen LogP contribution in [0.15, 0.2) is 48.5 Å². The summed E-state index contributed by atoms with van der Waals surface area (Å²) in [6.45, 7) is 4.24. The monoisotopic (exact) mass is 208 g/mol. The highest BCUT2D eigenvalue weighted by Gasteiger charge is 1.91. The summed E-state index contributed by atoms with van der Waals surface area (Å²) in [5, 5.41) is 0. The molecule has 0 saturated heterocycles. The minimum atomic E-state index is 1.24. The summed E-state index contributed by atoms with van der Waals surface area (Å²) in [6, 6.07) is 17.0. The predicted molar refractivity (Wildman–Crippen MR) is 71.3 cm³/mol. The zero-order valence-corrected chi connectivity index (χ0v) is 9.77. The highest BCUT2D eigenvalue weighted by Crippen LogP contribution is 2.12. The first-order chi connectivity index (χ1) is 7.75. The van der Waals surface area contributed by atoms with Crippen LogP contribution < -0.4 is 0 Å². The Bertz CT molecular complexity index is 490. The molecule has 0 nitrogen and oxygen atoms in total. The quantitative estimate of drug-likeness (QED) is 0.638. The molecule has 0 unspecified atom stereocenters. The molecule has 0 atom stereocenters. The fourth-order valence-corrected chi connectivity index (χ4v) is 1.64. The molecule has 2 aromatic carbocycles. The Labute approximate surface area is 97.3 Å². The lowest BCUT2D eigenvalue weighted by Gasteiger charge is -1.99. The Morgan fingerprint density at radius 3 is 2.12 bits per heavy atom. The molecule has 0 aliphatic heterocycles. The zero-order chi connectivity index (χ0) is 11.4. The van der Waals surface area contributed by atoms with Crippen LogP contribution in [-0.4, -0.2) is 0 Å². The first-order valence-electron chi connectivity index (χ1n) is 5.56. The Kier molecular flexibility index (Phi) is 3.21. The van der Waals surface area contributed by atoms with Crippen molar-refractivity contribution in [2.75, 3.05) is 0 Å². The van der Waals surface area contributed by atoms with Gasteiger partial charge in [-0.1, -0.05) is 66.2 Å². The highest BCUT2D eigenvalue weighted by atomic mass is 14.0. The van der Waals surface area contributed by atoms with E-state index in [1.807, 2.05) is 0 Å². The van der Waals surface area contributed by atoms with Crippen molar-refractivity contribution in [3.63, 3.8) is 0 Å². The number of aryl methyl sites for hydroxylation is 2. The molecule has 0 fully saturated rings. The lowest BCUT2D eigenvalue weighted by molar-refractivity contribution is 1.44. The van der Waals surface area contributed by atoms with Gasteiger partial charge in [-0.15, -0.1) is 0 Å². The van der Waals surface area contributed by atoms with Crippen LogP contribution in [0.5, 0.6) is 0 Å². The molecule has 80 valence electrons. The van der Waals surface area contributed by atoms with Gasteiger partial charge < -0.3 is 0 Å². The average molecular weight is 208 g/mol. The molecular weight excluding hydrogens is 192 g/mol. The van der Waals surface area contributed by atoms with E-state index < -0.39 is 0 Å². The van der Waals surface area contributed by atoms with Crippen molar-refractivity contribution in [2.45, 2.75) is 13.8 Å². The summed E-state index contributed by atoms with van der Waals surface area (Å²) in [5.74, 6) is 0. The molecule has 0 spiro atoms. The van der Waals surface area contributed by atoms with Gasteiger partial charge in [0.25, 0.3) is 0 Å². The van der Waals surface area contributed by atoms with Gasteiger partial charge in [0.15, 0.2) is 0 Å². The van der Waals surface area contributed by atoms with Crippen LogP contribution in [0.4, 0.5) is 0 Å². The molecule has 0 heteroatoms. The molecule has 2 rings (SSSR count). The number of hydrogen-bond donors (Lipinski definition) is 0. The van der Waals surface area contributed by atoms with Gasteiger partial charge in [0.1, 0.15) is 0 Å². The van der Waals surface area contributed by atoms with Crippen LogP contribution >= 0.6 is 0 Å². The zero-order valence-electron chi connectivity index (χ0n) is 9.77. The van der Waals surface area contributed by atoms with Crippen LogP contribution in [-0.2, 0) is 0 Å². The maximum absolute atomic E-state index is 2.17. The molecule has 0 aliphatic rings. The standard InChI is InChI=1S/C16H16/c1-13-7-9-15(10-8-13)11-12-16-6-4-3-5-14(16)2/h3-12H,1-2H3/b12-11-. The Morgan fingerprint density at radius 1 is 0.750 bits per heavy atom. The summed E-state index contributed by atoms with van der Waals surface area (Å²) in [7, 11) is 0. The second-order valence-corrected chi connectivity index (χ2v) is 4.10. The fraction of sp³-hybridized carbons (Fsp3) is 0.125. The van der Waals surface area contributed by atoms with E-state index in [1.165, 1.54) is 22.3 Å².